The van der Waals surface area contributed by atoms with Crippen LogP contribution in [-0.4, -0.2) is 96.7 Å². The quantitative estimate of drug-likeness (QED) is 0.0222. The van der Waals surface area contributed by atoms with Crippen LogP contribution in [0.2, 0.25) is 0 Å². The van der Waals surface area contributed by atoms with E-state index in [2.05, 4.69) is 41.5 Å². The molecular weight excluding hydrogens is 1090 g/mol. The Hall–Kier alpha value is -1.94. The number of hydrogen-bond acceptors (Lipinski definition) is 15. The van der Waals surface area contributed by atoms with Crippen LogP contribution in [0.1, 0.15) is 311 Å². The van der Waals surface area contributed by atoms with Crippen molar-refractivity contribution in [1.82, 2.24) is 0 Å². The van der Waals surface area contributed by atoms with Crippen LogP contribution in [0.5, 0.6) is 0 Å². The normalized spacial score (nSPS) is 14.7. The first-order valence-electron chi connectivity index (χ1n) is 33.0. The predicted octanol–water partition coefficient (Wildman–Crippen LogP) is 17.3. The standard InChI is InChI=1S/C63H122O17P2/c1-7-10-12-14-16-18-19-21-28-34-40-46-61(66)74-51-58(79-62(67)47-41-35-29-23-22-26-32-38-44-56(6)9-3)53-77-81(69,70)75-49-57(64)50-76-82(71,72)78-54-59(52-73-60(65)45-39-33-27-20-17-15-13-11-8-2)80-63(68)48-42-36-30-24-25-31-37-43-55(4)5/h55-59,64H,7-54H2,1-6H3,(H,69,70)(H,71,72)/t56?,57-,58-,59-/m1/s1. The van der Waals surface area contributed by atoms with Crippen LogP contribution in [0.15, 0.2) is 0 Å². The zero-order chi connectivity index (χ0) is 60.8. The second-order valence-corrected chi connectivity index (χ2v) is 26.4. The van der Waals surface area contributed by atoms with Crippen molar-refractivity contribution in [2.24, 2.45) is 11.8 Å². The Morgan fingerprint density at radius 1 is 0.354 bits per heavy atom. The number of phosphoric ester groups is 2. The van der Waals surface area contributed by atoms with Crippen LogP contribution >= 0.6 is 15.6 Å². The molecule has 0 aliphatic heterocycles. The summed E-state index contributed by atoms with van der Waals surface area (Å²) in [5.74, 6) is -0.673. The van der Waals surface area contributed by atoms with Gasteiger partial charge in [0.15, 0.2) is 12.2 Å². The maximum Gasteiger partial charge on any atom is 0.472 e. The molecule has 0 rings (SSSR count). The number of carbonyl (C=O) groups is 4. The van der Waals surface area contributed by atoms with E-state index < -0.39 is 97.5 Å². The van der Waals surface area contributed by atoms with Gasteiger partial charge in [-0.3, -0.25) is 37.3 Å². The van der Waals surface area contributed by atoms with E-state index in [4.69, 9.17) is 37.0 Å². The van der Waals surface area contributed by atoms with E-state index >= 15 is 0 Å². The number of ether oxygens (including phenoxy) is 4. The number of phosphoric acid groups is 2. The Labute approximate surface area is 498 Å². The summed E-state index contributed by atoms with van der Waals surface area (Å²) in [5, 5.41) is 10.5. The van der Waals surface area contributed by atoms with E-state index in [0.29, 0.717) is 31.6 Å². The number of hydrogen-bond donors (Lipinski definition) is 3. The summed E-state index contributed by atoms with van der Waals surface area (Å²) in [6, 6.07) is 0. The Balaban J connectivity index is 5.25. The largest absolute Gasteiger partial charge is 0.472 e. The molecule has 0 amide bonds. The van der Waals surface area contributed by atoms with Gasteiger partial charge in [-0.05, 0) is 37.5 Å². The van der Waals surface area contributed by atoms with Crippen molar-refractivity contribution in [3.05, 3.63) is 0 Å². The van der Waals surface area contributed by atoms with Crippen molar-refractivity contribution in [1.29, 1.82) is 0 Å². The third kappa shape index (κ3) is 55.9. The fourth-order valence-electron chi connectivity index (χ4n) is 9.32. The van der Waals surface area contributed by atoms with Crippen LogP contribution in [0.25, 0.3) is 0 Å². The second kappa shape index (κ2) is 55.6. The van der Waals surface area contributed by atoms with E-state index in [1.165, 1.54) is 128 Å². The van der Waals surface area contributed by atoms with E-state index in [1.807, 2.05) is 0 Å². The van der Waals surface area contributed by atoms with Gasteiger partial charge >= 0.3 is 39.5 Å². The van der Waals surface area contributed by atoms with Crippen LogP contribution in [0, 0.1) is 11.8 Å². The van der Waals surface area contributed by atoms with Gasteiger partial charge in [-0.15, -0.1) is 0 Å². The van der Waals surface area contributed by atoms with Gasteiger partial charge in [-0.25, -0.2) is 9.13 Å². The number of unbranched alkanes of at least 4 members (excludes halogenated alkanes) is 31. The van der Waals surface area contributed by atoms with Crippen LogP contribution < -0.4 is 0 Å². The highest BCUT2D eigenvalue weighted by molar-refractivity contribution is 7.47. The monoisotopic (exact) mass is 1210 g/mol. The smallest absolute Gasteiger partial charge is 0.462 e. The number of carbonyl (C=O) groups excluding carboxylic acids is 4. The molecule has 82 heavy (non-hydrogen) atoms. The Bertz CT molecular complexity index is 1620. The van der Waals surface area contributed by atoms with Gasteiger partial charge in [-0.2, -0.15) is 0 Å². The third-order valence-electron chi connectivity index (χ3n) is 14.8. The first-order valence-corrected chi connectivity index (χ1v) is 36.0. The summed E-state index contributed by atoms with van der Waals surface area (Å²) in [7, 11) is -9.88. The molecule has 0 bridgehead atoms. The average Bonchev–Trinajstić information content (AvgIpc) is 3.44. The lowest BCUT2D eigenvalue weighted by atomic mass is 9.99. The molecule has 3 N–H and O–H groups in total. The number of aliphatic hydroxyl groups excluding tert-OH is 1. The van der Waals surface area contributed by atoms with Gasteiger partial charge in [0.25, 0.3) is 0 Å². The van der Waals surface area contributed by atoms with E-state index in [-0.39, 0.29) is 25.7 Å². The summed E-state index contributed by atoms with van der Waals surface area (Å²) in [5.41, 5.74) is 0. The predicted molar refractivity (Wildman–Crippen MR) is 326 cm³/mol. The number of rotatable bonds is 62. The van der Waals surface area contributed by atoms with Gasteiger partial charge in [0, 0.05) is 25.7 Å². The Morgan fingerprint density at radius 2 is 0.622 bits per heavy atom. The summed E-state index contributed by atoms with van der Waals surface area (Å²) < 4.78 is 67.9. The number of aliphatic hydroxyl groups is 1. The zero-order valence-corrected chi connectivity index (χ0v) is 54.6. The van der Waals surface area contributed by atoms with Gasteiger partial charge < -0.3 is 33.8 Å². The lowest BCUT2D eigenvalue weighted by Gasteiger charge is -2.21. The minimum Gasteiger partial charge on any atom is -0.462 e. The van der Waals surface area contributed by atoms with Gasteiger partial charge in [0.05, 0.1) is 26.4 Å². The number of esters is 4. The zero-order valence-electron chi connectivity index (χ0n) is 52.8. The first-order chi connectivity index (χ1) is 39.4. The lowest BCUT2D eigenvalue weighted by molar-refractivity contribution is -0.161. The maximum atomic E-state index is 13.0. The molecule has 0 aromatic heterocycles. The molecule has 0 spiro atoms. The molecule has 19 heteroatoms. The molecule has 0 heterocycles. The molecule has 0 saturated carbocycles. The third-order valence-corrected chi connectivity index (χ3v) is 16.7. The molecule has 0 aliphatic carbocycles. The van der Waals surface area contributed by atoms with E-state index in [1.54, 1.807) is 0 Å². The second-order valence-electron chi connectivity index (χ2n) is 23.5. The molecule has 0 aromatic rings. The SMILES string of the molecule is CCCCCCCCCCCCCC(=O)OC[C@H](COP(=O)(O)OC[C@@H](O)COP(=O)(O)OC[C@@H](COC(=O)CCCCCCCCCCC)OC(=O)CCCCCCCCCC(C)C)OC(=O)CCCCCCCCCCC(C)CC. The maximum absolute atomic E-state index is 13.0. The van der Waals surface area contributed by atoms with Crippen molar-refractivity contribution in [3.63, 3.8) is 0 Å². The summed E-state index contributed by atoms with van der Waals surface area (Å²) >= 11 is 0. The molecule has 0 saturated heterocycles. The lowest BCUT2D eigenvalue weighted by Crippen LogP contribution is -2.30. The molecule has 3 unspecified atom stereocenters. The fraction of sp³-hybridized carbons (Fsp3) is 0.937. The molecule has 486 valence electrons. The molecule has 17 nitrogen and oxygen atoms in total. The van der Waals surface area contributed by atoms with Crippen molar-refractivity contribution in [2.45, 2.75) is 330 Å². The highest BCUT2D eigenvalue weighted by Crippen LogP contribution is 2.45. The van der Waals surface area contributed by atoms with Crippen LogP contribution in [0.3, 0.4) is 0 Å². The van der Waals surface area contributed by atoms with Gasteiger partial charge in [0.1, 0.15) is 19.3 Å². The average molecular weight is 1210 g/mol. The first kappa shape index (κ1) is 80.1. The minimum atomic E-state index is -4.94. The molecular formula is C63H122O17P2. The van der Waals surface area contributed by atoms with E-state index in [9.17, 15) is 43.2 Å². The Morgan fingerprint density at radius 3 is 0.927 bits per heavy atom. The van der Waals surface area contributed by atoms with E-state index in [0.717, 1.165) is 95.8 Å². The fourth-order valence-corrected chi connectivity index (χ4v) is 10.9. The molecule has 0 aromatic carbocycles. The van der Waals surface area contributed by atoms with Crippen molar-refractivity contribution >= 4 is 39.5 Å². The topological polar surface area (TPSA) is 237 Å². The highest BCUT2D eigenvalue weighted by atomic mass is 31.2. The van der Waals surface area contributed by atoms with Crippen molar-refractivity contribution < 1.29 is 80.2 Å². The van der Waals surface area contributed by atoms with Crippen molar-refractivity contribution in [3.8, 4) is 0 Å². The highest BCUT2D eigenvalue weighted by Gasteiger charge is 2.30. The van der Waals surface area contributed by atoms with Gasteiger partial charge in [-0.1, -0.05) is 260 Å². The molecule has 0 fully saturated rings. The van der Waals surface area contributed by atoms with Crippen LogP contribution in [-0.2, 0) is 65.4 Å². The molecule has 0 aliphatic rings. The molecule has 0 radical (unpaired) electrons. The summed E-state index contributed by atoms with van der Waals surface area (Å²) in [4.78, 5) is 72.1. The summed E-state index contributed by atoms with van der Waals surface area (Å²) in [6.45, 7) is 9.40. The summed E-state index contributed by atoms with van der Waals surface area (Å²) in [6.07, 6.45) is 37.5. The minimum absolute atomic E-state index is 0.103. The van der Waals surface area contributed by atoms with Crippen LogP contribution in [0.4, 0.5) is 0 Å². The van der Waals surface area contributed by atoms with Crippen molar-refractivity contribution in [2.75, 3.05) is 39.6 Å². The van der Waals surface area contributed by atoms with Gasteiger partial charge in [0.2, 0.25) is 0 Å². The Kier molecular flexibility index (Phi) is 54.3. The molecule has 6 atom stereocenters.